The average Bonchev–Trinajstić information content (AvgIpc) is 2.97. The Balaban J connectivity index is 1.36. The van der Waals surface area contributed by atoms with Gasteiger partial charge in [0.05, 0.1) is 12.7 Å². The van der Waals surface area contributed by atoms with Crippen LogP contribution in [0.1, 0.15) is 95.1 Å². The Kier molecular flexibility index (Phi) is 11.5. The first kappa shape index (κ1) is 30.1. The lowest BCUT2D eigenvalue weighted by molar-refractivity contribution is 0.0319. The van der Waals surface area contributed by atoms with Gasteiger partial charge in [0.15, 0.2) is 11.6 Å². The maximum absolute atomic E-state index is 15.1. The second-order valence-corrected chi connectivity index (χ2v) is 11.1. The summed E-state index contributed by atoms with van der Waals surface area (Å²) in [5.74, 6) is -1.73. The van der Waals surface area contributed by atoms with Gasteiger partial charge >= 0.3 is 0 Å². The molecule has 0 amide bonds. The Morgan fingerprint density at radius 3 is 2.08 bits per heavy atom. The summed E-state index contributed by atoms with van der Waals surface area (Å²) < 4.78 is 50.8. The fourth-order valence-electron chi connectivity index (χ4n) is 5.72. The van der Waals surface area contributed by atoms with E-state index < -0.39 is 11.6 Å². The van der Waals surface area contributed by atoms with Gasteiger partial charge < -0.3 is 4.74 Å². The maximum Gasteiger partial charge on any atom is 0.166 e. The predicted molar refractivity (Wildman–Crippen MR) is 160 cm³/mol. The van der Waals surface area contributed by atoms with Crippen molar-refractivity contribution < 1.29 is 17.9 Å². The number of halogens is 3. The van der Waals surface area contributed by atoms with E-state index >= 15 is 8.78 Å². The van der Waals surface area contributed by atoms with Crippen LogP contribution in [0.4, 0.5) is 13.2 Å². The van der Waals surface area contributed by atoms with Gasteiger partial charge in [-0.1, -0.05) is 113 Å². The topological polar surface area (TPSA) is 9.23 Å². The molecule has 0 spiro atoms. The zero-order chi connectivity index (χ0) is 28.3. The number of allylic oxidation sites excluding steroid dienone is 1. The number of aryl methyl sites for hydroxylation is 1. The van der Waals surface area contributed by atoms with Crippen LogP contribution in [0, 0.1) is 17.5 Å². The second-order valence-electron chi connectivity index (χ2n) is 11.1. The van der Waals surface area contributed by atoms with E-state index in [1.165, 1.54) is 32.1 Å². The molecule has 3 aromatic carbocycles. The van der Waals surface area contributed by atoms with Crippen molar-refractivity contribution in [1.29, 1.82) is 0 Å². The SMILES string of the molecule is C/C=C/C1CCC(c2ccc(-c3ccc(-c4ccc(CCCCCCCCCC)c(F)c4F)cc3)cc2F)CO1. The molecular formula is C36H43F3O. The Labute approximate surface area is 238 Å². The molecule has 0 saturated carbocycles. The van der Waals surface area contributed by atoms with Gasteiger partial charge in [-0.25, -0.2) is 13.2 Å². The normalized spacial score (nSPS) is 17.5. The molecule has 0 bridgehead atoms. The first-order chi connectivity index (χ1) is 19.5. The molecule has 1 heterocycles. The van der Waals surface area contributed by atoms with Crippen molar-refractivity contribution in [3.63, 3.8) is 0 Å². The first-order valence-electron chi connectivity index (χ1n) is 15.1. The molecule has 4 heteroatoms. The lowest BCUT2D eigenvalue weighted by Crippen LogP contribution is -2.23. The number of benzene rings is 3. The number of hydrogen-bond acceptors (Lipinski definition) is 1. The van der Waals surface area contributed by atoms with Gasteiger partial charge in [-0.05, 0) is 66.5 Å². The van der Waals surface area contributed by atoms with Crippen LogP contribution in [-0.2, 0) is 11.2 Å². The fraction of sp³-hybridized carbons (Fsp3) is 0.444. The van der Waals surface area contributed by atoms with Gasteiger partial charge in [-0.15, -0.1) is 0 Å². The van der Waals surface area contributed by atoms with Crippen LogP contribution in [0.25, 0.3) is 22.3 Å². The van der Waals surface area contributed by atoms with Crippen LogP contribution in [0.2, 0.25) is 0 Å². The quantitative estimate of drug-likeness (QED) is 0.152. The summed E-state index contributed by atoms with van der Waals surface area (Å²) in [7, 11) is 0. The third kappa shape index (κ3) is 7.87. The molecule has 2 unspecified atom stereocenters. The van der Waals surface area contributed by atoms with Crippen LogP contribution < -0.4 is 0 Å². The van der Waals surface area contributed by atoms with Crippen molar-refractivity contribution in [1.82, 2.24) is 0 Å². The molecule has 40 heavy (non-hydrogen) atoms. The van der Waals surface area contributed by atoms with E-state index in [9.17, 15) is 4.39 Å². The summed E-state index contributed by atoms with van der Waals surface area (Å²) in [6.07, 6.45) is 15.9. The van der Waals surface area contributed by atoms with E-state index in [1.54, 1.807) is 30.3 Å². The molecule has 0 aliphatic carbocycles. The molecule has 3 aromatic rings. The molecule has 214 valence electrons. The molecule has 0 radical (unpaired) electrons. The number of unbranched alkanes of at least 4 members (excludes halogenated alkanes) is 7. The van der Waals surface area contributed by atoms with E-state index in [1.807, 2.05) is 43.3 Å². The molecule has 1 aliphatic heterocycles. The lowest BCUT2D eigenvalue weighted by atomic mass is 9.89. The third-order valence-electron chi connectivity index (χ3n) is 8.15. The average molecular weight is 549 g/mol. The minimum atomic E-state index is -0.799. The minimum absolute atomic E-state index is 0.0503. The smallest absolute Gasteiger partial charge is 0.166 e. The highest BCUT2D eigenvalue weighted by Crippen LogP contribution is 2.34. The summed E-state index contributed by atoms with van der Waals surface area (Å²) in [6, 6.07) is 15.9. The largest absolute Gasteiger partial charge is 0.374 e. The zero-order valence-electron chi connectivity index (χ0n) is 24.0. The van der Waals surface area contributed by atoms with E-state index in [-0.39, 0.29) is 23.4 Å². The molecule has 4 rings (SSSR count). The molecule has 1 saturated heterocycles. The summed E-state index contributed by atoms with van der Waals surface area (Å²) in [5, 5.41) is 0. The molecule has 1 nitrogen and oxygen atoms in total. The van der Waals surface area contributed by atoms with Gasteiger partial charge in [-0.3, -0.25) is 0 Å². The van der Waals surface area contributed by atoms with Gasteiger partial charge in [0.2, 0.25) is 0 Å². The van der Waals surface area contributed by atoms with Gasteiger partial charge in [-0.2, -0.15) is 0 Å². The van der Waals surface area contributed by atoms with Crippen LogP contribution >= 0.6 is 0 Å². The monoisotopic (exact) mass is 548 g/mol. The molecule has 2 atom stereocenters. The first-order valence-corrected chi connectivity index (χ1v) is 15.1. The van der Waals surface area contributed by atoms with Crippen LogP contribution in [0.5, 0.6) is 0 Å². The highest BCUT2D eigenvalue weighted by atomic mass is 19.2. The van der Waals surface area contributed by atoms with Crippen molar-refractivity contribution in [3.8, 4) is 22.3 Å². The third-order valence-corrected chi connectivity index (χ3v) is 8.15. The highest BCUT2D eigenvalue weighted by molar-refractivity contribution is 5.71. The van der Waals surface area contributed by atoms with Crippen LogP contribution in [0.15, 0.2) is 66.7 Å². The van der Waals surface area contributed by atoms with Crippen molar-refractivity contribution >= 4 is 0 Å². The minimum Gasteiger partial charge on any atom is -0.374 e. The molecule has 0 N–H and O–H groups in total. The van der Waals surface area contributed by atoms with E-state index in [0.717, 1.165) is 43.2 Å². The Morgan fingerprint density at radius 1 is 0.750 bits per heavy atom. The van der Waals surface area contributed by atoms with Gasteiger partial charge in [0.25, 0.3) is 0 Å². The second kappa shape index (κ2) is 15.2. The van der Waals surface area contributed by atoms with Crippen molar-refractivity contribution in [2.24, 2.45) is 0 Å². The van der Waals surface area contributed by atoms with Crippen molar-refractivity contribution in [2.75, 3.05) is 6.61 Å². The van der Waals surface area contributed by atoms with Gasteiger partial charge in [0.1, 0.15) is 5.82 Å². The number of rotatable bonds is 13. The van der Waals surface area contributed by atoms with E-state index in [2.05, 4.69) is 6.92 Å². The molecule has 1 fully saturated rings. The van der Waals surface area contributed by atoms with Crippen molar-refractivity contribution in [2.45, 2.75) is 96.5 Å². The standard InChI is InChI=1S/C36H43F3O/c1-3-5-6-7-8-9-10-11-13-28-19-23-33(36(39)35(28)38)27-16-14-26(15-17-27)29-20-22-32(34(37)24-29)30-18-21-31(12-4-2)40-25-30/h4,12,14-17,19-20,22-24,30-31H,3,5-11,13,18,21,25H2,1-2H3/b12-4+. The van der Waals surface area contributed by atoms with Gasteiger partial charge in [0, 0.05) is 11.5 Å². The Morgan fingerprint density at radius 2 is 1.43 bits per heavy atom. The lowest BCUT2D eigenvalue weighted by Gasteiger charge is -2.28. The summed E-state index contributed by atoms with van der Waals surface area (Å²) in [6.45, 7) is 4.70. The summed E-state index contributed by atoms with van der Waals surface area (Å²) in [5.41, 5.74) is 3.56. The summed E-state index contributed by atoms with van der Waals surface area (Å²) >= 11 is 0. The fourth-order valence-corrected chi connectivity index (χ4v) is 5.72. The molecule has 0 aromatic heterocycles. The van der Waals surface area contributed by atoms with E-state index in [4.69, 9.17) is 4.74 Å². The molecule has 1 aliphatic rings. The van der Waals surface area contributed by atoms with Crippen molar-refractivity contribution in [3.05, 3.63) is 95.3 Å². The number of hydrogen-bond donors (Lipinski definition) is 0. The van der Waals surface area contributed by atoms with Crippen LogP contribution in [-0.4, -0.2) is 12.7 Å². The maximum atomic E-state index is 15.1. The highest BCUT2D eigenvalue weighted by Gasteiger charge is 2.24. The Hall–Kier alpha value is -2.85. The predicted octanol–water partition coefficient (Wildman–Crippen LogP) is 11.0. The summed E-state index contributed by atoms with van der Waals surface area (Å²) in [4.78, 5) is 0. The zero-order valence-corrected chi connectivity index (χ0v) is 24.0. The molecular weight excluding hydrogens is 505 g/mol. The van der Waals surface area contributed by atoms with E-state index in [0.29, 0.717) is 29.7 Å². The van der Waals surface area contributed by atoms with Crippen LogP contribution in [0.3, 0.4) is 0 Å². The Bertz CT molecular complexity index is 1240. The number of ether oxygens (including phenoxy) is 1.